The van der Waals surface area contributed by atoms with Crippen molar-refractivity contribution in [1.29, 1.82) is 0 Å². The highest BCUT2D eigenvalue weighted by Crippen LogP contribution is 2.03. The lowest BCUT2D eigenvalue weighted by atomic mass is 10.5. The lowest BCUT2D eigenvalue weighted by Gasteiger charge is -1.80. The molecule has 0 radical (unpaired) electrons. The van der Waals surface area contributed by atoms with Gasteiger partial charge in [0.15, 0.2) is 0 Å². The van der Waals surface area contributed by atoms with Crippen molar-refractivity contribution >= 4 is 28.2 Å². The average molecular weight is 299 g/mol. The van der Waals surface area contributed by atoms with E-state index in [4.69, 9.17) is 30.0 Å². The van der Waals surface area contributed by atoms with E-state index in [1.165, 1.54) is 0 Å². The number of nitrogens with zero attached hydrogens (tertiary/aromatic N) is 1. The molecule has 92 valence electrons. The van der Waals surface area contributed by atoms with Crippen molar-refractivity contribution in [1.82, 2.24) is 11.1 Å². The molecular formula is C7H11BrN2O6. The number of hydrogen-bond donors (Lipinski definition) is 5. The number of carboxylic acid groups (broad SMARTS) is 4. The molecule has 1 heterocycles. The highest BCUT2D eigenvalue weighted by Gasteiger charge is 1.75. The highest BCUT2D eigenvalue weighted by molar-refractivity contribution is 9.10. The summed E-state index contributed by atoms with van der Waals surface area (Å²) in [4.78, 5) is 20.9. The number of carbonyl (C=O) groups is 2. The van der Waals surface area contributed by atoms with Crippen LogP contribution in [0.15, 0.2) is 29.0 Å². The summed E-state index contributed by atoms with van der Waals surface area (Å²) < 4.78 is 1.07. The van der Waals surface area contributed by atoms with Gasteiger partial charge in [0.25, 0.3) is 0 Å². The van der Waals surface area contributed by atoms with Gasteiger partial charge in [-0.25, -0.2) is 9.59 Å². The molecule has 1 aromatic heterocycles. The van der Waals surface area contributed by atoms with Gasteiger partial charge in [0, 0.05) is 16.9 Å². The van der Waals surface area contributed by atoms with Crippen LogP contribution in [0.1, 0.15) is 0 Å². The minimum Gasteiger partial charge on any atom is -0.450 e. The molecule has 0 spiro atoms. The van der Waals surface area contributed by atoms with Crippen molar-refractivity contribution < 1.29 is 30.0 Å². The van der Waals surface area contributed by atoms with E-state index in [2.05, 4.69) is 20.9 Å². The second-order valence-corrected chi connectivity index (χ2v) is 2.65. The second kappa shape index (κ2) is 13.1. The molecule has 0 unspecified atom stereocenters. The predicted octanol–water partition coefficient (Wildman–Crippen LogP) is 2.45. The molecule has 0 amide bonds. The minimum atomic E-state index is -1.83. The van der Waals surface area contributed by atoms with E-state index < -0.39 is 12.3 Å². The second-order valence-electron chi connectivity index (χ2n) is 1.73. The molecule has 0 aliphatic rings. The number of aromatic nitrogens is 1. The van der Waals surface area contributed by atoms with Crippen LogP contribution in [0.2, 0.25) is 0 Å². The lowest BCUT2D eigenvalue weighted by Crippen LogP contribution is -1.81. The molecule has 16 heavy (non-hydrogen) atoms. The smallest absolute Gasteiger partial charge is 0.450 e. The molecule has 0 saturated carbocycles. The SMILES string of the molecule is Brc1ccncc1.N.O=C(O)O.O=C(O)O. The van der Waals surface area contributed by atoms with E-state index in [1.807, 2.05) is 12.1 Å². The quantitative estimate of drug-likeness (QED) is 0.487. The fraction of sp³-hybridized carbons (Fsp3) is 0. The fourth-order valence-corrected chi connectivity index (χ4v) is 0.570. The molecule has 0 saturated heterocycles. The van der Waals surface area contributed by atoms with Crippen LogP contribution in [0, 0.1) is 0 Å². The predicted molar refractivity (Wildman–Crippen MR) is 58.3 cm³/mol. The molecule has 0 bridgehead atoms. The number of halogens is 1. The third-order valence-electron chi connectivity index (χ3n) is 0.640. The molecule has 0 aliphatic carbocycles. The van der Waals surface area contributed by atoms with Crippen molar-refractivity contribution in [2.75, 3.05) is 0 Å². The van der Waals surface area contributed by atoms with E-state index >= 15 is 0 Å². The Morgan fingerprint density at radius 1 is 1.00 bits per heavy atom. The first-order chi connectivity index (χ1) is 6.86. The summed E-state index contributed by atoms with van der Waals surface area (Å²) >= 11 is 3.27. The average Bonchev–Trinajstić information content (AvgIpc) is 2.03. The van der Waals surface area contributed by atoms with Crippen LogP contribution in [0.5, 0.6) is 0 Å². The van der Waals surface area contributed by atoms with Crippen LogP contribution in [-0.2, 0) is 0 Å². The van der Waals surface area contributed by atoms with E-state index in [0.29, 0.717) is 0 Å². The van der Waals surface area contributed by atoms with Gasteiger partial charge in [-0.05, 0) is 12.1 Å². The van der Waals surface area contributed by atoms with Gasteiger partial charge in [0.2, 0.25) is 0 Å². The Morgan fingerprint density at radius 3 is 1.38 bits per heavy atom. The fourth-order valence-electron chi connectivity index (χ4n) is 0.334. The number of hydrogen-bond acceptors (Lipinski definition) is 4. The van der Waals surface area contributed by atoms with Crippen LogP contribution in [-0.4, -0.2) is 37.7 Å². The molecule has 8 nitrogen and oxygen atoms in total. The zero-order valence-electron chi connectivity index (χ0n) is 7.95. The minimum absolute atomic E-state index is 0. The number of pyridine rings is 1. The van der Waals surface area contributed by atoms with Crippen LogP contribution >= 0.6 is 15.9 Å². The van der Waals surface area contributed by atoms with Crippen molar-refractivity contribution in [2.45, 2.75) is 0 Å². The van der Waals surface area contributed by atoms with E-state index in [9.17, 15) is 0 Å². The Bertz CT molecular complexity index is 274. The van der Waals surface area contributed by atoms with Gasteiger partial charge in [-0.2, -0.15) is 0 Å². The van der Waals surface area contributed by atoms with E-state index in [1.54, 1.807) is 12.4 Å². The standard InChI is InChI=1S/C5H4BrN.2CH2O3.H3N/c6-5-1-3-7-4-2-5;2*2-1(3)4;/h1-4H;2*(H2,2,3,4);1H3. The normalized spacial score (nSPS) is 6.81. The summed E-state index contributed by atoms with van der Waals surface area (Å²) in [6.07, 6.45) is -0.186. The van der Waals surface area contributed by atoms with Crippen LogP contribution in [0.3, 0.4) is 0 Å². The summed E-state index contributed by atoms with van der Waals surface area (Å²) in [5.74, 6) is 0. The van der Waals surface area contributed by atoms with Crippen molar-refractivity contribution in [3.8, 4) is 0 Å². The Hall–Kier alpha value is -1.87. The van der Waals surface area contributed by atoms with Gasteiger partial charge >= 0.3 is 12.3 Å². The number of rotatable bonds is 0. The van der Waals surface area contributed by atoms with Gasteiger partial charge in [0.1, 0.15) is 0 Å². The molecule has 0 aromatic carbocycles. The largest absolute Gasteiger partial charge is 0.503 e. The monoisotopic (exact) mass is 298 g/mol. The molecule has 0 atom stereocenters. The molecule has 9 heteroatoms. The van der Waals surface area contributed by atoms with E-state index in [-0.39, 0.29) is 6.15 Å². The molecule has 0 aliphatic heterocycles. The van der Waals surface area contributed by atoms with Crippen LogP contribution < -0.4 is 6.15 Å². The van der Waals surface area contributed by atoms with Crippen molar-refractivity contribution in [2.24, 2.45) is 0 Å². The summed E-state index contributed by atoms with van der Waals surface area (Å²) in [6, 6.07) is 3.78. The lowest BCUT2D eigenvalue weighted by molar-refractivity contribution is 0.135. The first-order valence-electron chi connectivity index (χ1n) is 3.25. The molecular weight excluding hydrogens is 288 g/mol. The first-order valence-corrected chi connectivity index (χ1v) is 4.05. The highest BCUT2D eigenvalue weighted by atomic mass is 79.9. The topological polar surface area (TPSA) is 163 Å². The molecule has 0 fully saturated rings. The third-order valence-corrected chi connectivity index (χ3v) is 1.17. The summed E-state index contributed by atoms with van der Waals surface area (Å²) in [7, 11) is 0. The Morgan fingerprint density at radius 2 is 1.25 bits per heavy atom. The molecule has 1 aromatic rings. The van der Waals surface area contributed by atoms with Crippen molar-refractivity contribution in [3.63, 3.8) is 0 Å². The summed E-state index contributed by atoms with van der Waals surface area (Å²) in [5.41, 5.74) is 0. The first kappa shape index (κ1) is 19.7. The van der Waals surface area contributed by atoms with Gasteiger partial charge in [-0.15, -0.1) is 0 Å². The van der Waals surface area contributed by atoms with Gasteiger partial charge in [-0.1, -0.05) is 15.9 Å². The van der Waals surface area contributed by atoms with Crippen molar-refractivity contribution in [3.05, 3.63) is 29.0 Å². The Kier molecular flexibility index (Phi) is 16.1. The van der Waals surface area contributed by atoms with Gasteiger partial charge in [0.05, 0.1) is 0 Å². The summed E-state index contributed by atoms with van der Waals surface area (Å²) in [5, 5.41) is 27.9. The van der Waals surface area contributed by atoms with E-state index in [0.717, 1.165) is 4.47 Å². The van der Waals surface area contributed by atoms with Crippen LogP contribution in [0.25, 0.3) is 0 Å². The maximum atomic E-state index is 8.56. The maximum Gasteiger partial charge on any atom is 0.503 e. The van der Waals surface area contributed by atoms with Crippen LogP contribution in [0.4, 0.5) is 9.59 Å². The maximum absolute atomic E-state index is 8.56. The third kappa shape index (κ3) is 40.0. The summed E-state index contributed by atoms with van der Waals surface area (Å²) in [6.45, 7) is 0. The zero-order chi connectivity index (χ0) is 12.3. The molecule has 7 N–H and O–H groups in total. The zero-order valence-corrected chi connectivity index (χ0v) is 9.53. The Labute approximate surface area is 98.9 Å². The van der Waals surface area contributed by atoms with Gasteiger partial charge in [-0.3, -0.25) is 4.98 Å². The Balaban J connectivity index is -0.000000166. The molecule has 1 rings (SSSR count). The van der Waals surface area contributed by atoms with Gasteiger partial charge < -0.3 is 26.6 Å².